The first-order valence-electron chi connectivity index (χ1n) is 6.97. The Labute approximate surface area is 123 Å². The topological polar surface area (TPSA) is 58.6 Å². The van der Waals surface area contributed by atoms with Crippen LogP contribution in [0.4, 0.5) is 0 Å². The molecule has 1 amide bonds. The zero-order valence-corrected chi connectivity index (χ0v) is 11.5. The highest BCUT2D eigenvalue weighted by atomic mass is 16.5. The van der Waals surface area contributed by atoms with Gasteiger partial charge in [-0.25, -0.2) is 0 Å². The predicted molar refractivity (Wildman–Crippen MR) is 79.1 cm³/mol. The summed E-state index contributed by atoms with van der Waals surface area (Å²) >= 11 is 0. The number of hydrogen-bond donors (Lipinski definition) is 2. The Balaban J connectivity index is 1.75. The third kappa shape index (κ3) is 2.76. The molecule has 0 saturated carbocycles. The quantitative estimate of drug-likeness (QED) is 0.902. The Morgan fingerprint density at radius 2 is 1.90 bits per heavy atom. The van der Waals surface area contributed by atoms with Crippen molar-refractivity contribution in [3.8, 4) is 5.75 Å². The van der Waals surface area contributed by atoms with Crippen molar-refractivity contribution in [2.75, 3.05) is 13.2 Å². The molecule has 0 radical (unpaired) electrons. The summed E-state index contributed by atoms with van der Waals surface area (Å²) in [6, 6.07) is 16.6. The molecule has 2 N–H and O–H groups in total. The Morgan fingerprint density at radius 3 is 2.67 bits per heavy atom. The molecule has 0 bridgehead atoms. The number of aliphatic hydroxyl groups is 1. The van der Waals surface area contributed by atoms with Crippen LogP contribution in [0, 0.1) is 0 Å². The molecule has 1 heterocycles. The summed E-state index contributed by atoms with van der Waals surface area (Å²) < 4.78 is 5.53. The van der Waals surface area contributed by atoms with Crippen LogP contribution in [0.3, 0.4) is 0 Å². The predicted octanol–water partition coefficient (Wildman–Crippen LogP) is 2.01. The second-order valence-electron chi connectivity index (χ2n) is 5.06. The fraction of sp³-hybridized carbons (Fsp3) is 0.235. The molecule has 0 aliphatic carbocycles. The zero-order chi connectivity index (χ0) is 14.7. The van der Waals surface area contributed by atoms with E-state index in [4.69, 9.17) is 4.74 Å². The second-order valence-corrected chi connectivity index (χ2v) is 5.06. The SMILES string of the molecule is O=C(NC(CO)c1ccccc1)C1COc2ccccc21. The number of aliphatic hydroxyl groups excluding tert-OH is 1. The van der Waals surface area contributed by atoms with E-state index >= 15 is 0 Å². The van der Waals surface area contributed by atoms with Crippen LogP contribution < -0.4 is 10.1 Å². The molecule has 0 fully saturated rings. The Kier molecular flexibility index (Phi) is 3.88. The largest absolute Gasteiger partial charge is 0.492 e. The molecule has 3 rings (SSSR count). The van der Waals surface area contributed by atoms with E-state index in [1.54, 1.807) is 0 Å². The highest BCUT2D eigenvalue weighted by Gasteiger charge is 2.31. The lowest BCUT2D eigenvalue weighted by molar-refractivity contribution is -0.123. The van der Waals surface area contributed by atoms with E-state index in [1.165, 1.54) is 0 Å². The number of benzene rings is 2. The van der Waals surface area contributed by atoms with Gasteiger partial charge in [0, 0.05) is 5.56 Å². The van der Waals surface area contributed by atoms with Gasteiger partial charge in [0.15, 0.2) is 0 Å². The molecular weight excluding hydrogens is 266 g/mol. The summed E-state index contributed by atoms with van der Waals surface area (Å²) in [7, 11) is 0. The summed E-state index contributed by atoms with van der Waals surface area (Å²) in [6.07, 6.45) is 0. The third-order valence-electron chi connectivity index (χ3n) is 3.72. The van der Waals surface area contributed by atoms with Gasteiger partial charge in [0.25, 0.3) is 0 Å². The minimum absolute atomic E-state index is 0.122. The molecule has 4 nitrogen and oxygen atoms in total. The number of hydrogen-bond acceptors (Lipinski definition) is 3. The molecule has 1 aliphatic rings. The first-order valence-corrected chi connectivity index (χ1v) is 6.97. The molecule has 108 valence electrons. The van der Waals surface area contributed by atoms with Crippen molar-refractivity contribution in [1.82, 2.24) is 5.32 Å². The van der Waals surface area contributed by atoms with Crippen LogP contribution in [0.2, 0.25) is 0 Å². The lowest BCUT2D eigenvalue weighted by atomic mass is 9.99. The number of carbonyl (C=O) groups is 1. The van der Waals surface area contributed by atoms with E-state index in [0.717, 1.165) is 16.9 Å². The third-order valence-corrected chi connectivity index (χ3v) is 3.72. The van der Waals surface area contributed by atoms with Gasteiger partial charge in [-0.05, 0) is 11.6 Å². The molecular formula is C17H17NO3. The molecule has 2 aromatic carbocycles. The summed E-state index contributed by atoms with van der Waals surface area (Å²) in [5.41, 5.74) is 1.79. The van der Waals surface area contributed by atoms with Crippen molar-refractivity contribution in [3.63, 3.8) is 0 Å². The van der Waals surface area contributed by atoms with Crippen molar-refractivity contribution in [2.45, 2.75) is 12.0 Å². The van der Waals surface area contributed by atoms with Crippen LogP contribution in [0.25, 0.3) is 0 Å². The van der Waals surface area contributed by atoms with E-state index in [2.05, 4.69) is 5.32 Å². The molecule has 0 aromatic heterocycles. The van der Waals surface area contributed by atoms with Crippen LogP contribution >= 0.6 is 0 Å². The summed E-state index contributed by atoms with van der Waals surface area (Å²) in [5, 5.41) is 12.4. The minimum Gasteiger partial charge on any atom is -0.492 e. The van der Waals surface area contributed by atoms with E-state index in [1.807, 2.05) is 54.6 Å². The lowest BCUT2D eigenvalue weighted by Gasteiger charge is -2.19. The van der Waals surface area contributed by atoms with Gasteiger partial charge >= 0.3 is 0 Å². The van der Waals surface area contributed by atoms with Gasteiger partial charge in [-0.1, -0.05) is 48.5 Å². The standard InChI is InChI=1S/C17H17NO3/c19-10-15(12-6-2-1-3-7-12)18-17(20)14-11-21-16-9-5-4-8-13(14)16/h1-9,14-15,19H,10-11H2,(H,18,20). The van der Waals surface area contributed by atoms with Crippen molar-refractivity contribution in [3.05, 3.63) is 65.7 Å². The number of amides is 1. The maximum absolute atomic E-state index is 12.4. The lowest BCUT2D eigenvalue weighted by Crippen LogP contribution is -2.35. The van der Waals surface area contributed by atoms with E-state index in [0.29, 0.717) is 6.61 Å². The summed E-state index contributed by atoms with van der Waals surface area (Å²) in [6.45, 7) is 0.211. The van der Waals surface area contributed by atoms with Crippen LogP contribution in [0.15, 0.2) is 54.6 Å². The molecule has 0 saturated heterocycles. The van der Waals surface area contributed by atoms with Gasteiger partial charge in [-0.15, -0.1) is 0 Å². The smallest absolute Gasteiger partial charge is 0.231 e. The number of para-hydroxylation sites is 1. The number of fused-ring (bicyclic) bond motifs is 1. The Bertz CT molecular complexity index is 627. The fourth-order valence-electron chi connectivity index (χ4n) is 2.57. The Morgan fingerprint density at radius 1 is 1.19 bits per heavy atom. The monoisotopic (exact) mass is 283 g/mol. The number of ether oxygens (including phenoxy) is 1. The maximum Gasteiger partial charge on any atom is 0.231 e. The number of nitrogens with one attached hydrogen (secondary N) is 1. The molecule has 1 aliphatic heterocycles. The number of carbonyl (C=O) groups excluding carboxylic acids is 1. The Hall–Kier alpha value is -2.33. The fourth-order valence-corrected chi connectivity index (χ4v) is 2.57. The van der Waals surface area contributed by atoms with Gasteiger partial charge in [-0.3, -0.25) is 4.79 Å². The van der Waals surface area contributed by atoms with Crippen molar-refractivity contribution in [1.29, 1.82) is 0 Å². The zero-order valence-electron chi connectivity index (χ0n) is 11.5. The van der Waals surface area contributed by atoms with Gasteiger partial charge < -0.3 is 15.2 Å². The van der Waals surface area contributed by atoms with Crippen LogP contribution in [-0.4, -0.2) is 24.2 Å². The van der Waals surface area contributed by atoms with E-state index < -0.39 is 6.04 Å². The number of rotatable bonds is 4. The molecule has 4 heteroatoms. The summed E-state index contributed by atoms with van der Waals surface area (Å²) in [4.78, 5) is 12.4. The van der Waals surface area contributed by atoms with Crippen LogP contribution in [0.1, 0.15) is 23.1 Å². The summed E-state index contributed by atoms with van der Waals surface area (Å²) in [5.74, 6) is 0.319. The van der Waals surface area contributed by atoms with Crippen LogP contribution in [0.5, 0.6) is 5.75 Å². The normalized spacial score (nSPS) is 17.7. The van der Waals surface area contributed by atoms with E-state index in [9.17, 15) is 9.90 Å². The molecule has 2 aromatic rings. The second kappa shape index (κ2) is 5.97. The van der Waals surface area contributed by atoms with Gasteiger partial charge in [0.2, 0.25) is 5.91 Å². The van der Waals surface area contributed by atoms with E-state index in [-0.39, 0.29) is 18.4 Å². The van der Waals surface area contributed by atoms with Crippen molar-refractivity contribution >= 4 is 5.91 Å². The van der Waals surface area contributed by atoms with Gasteiger partial charge in [0.05, 0.1) is 12.6 Å². The maximum atomic E-state index is 12.4. The molecule has 21 heavy (non-hydrogen) atoms. The van der Waals surface area contributed by atoms with Crippen molar-refractivity contribution in [2.24, 2.45) is 0 Å². The average molecular weight is 283 g/mol. The first-order chi connectivity index (χ1) is 10.3. The van der Waals surface area contributed by atoms with Crippen LogP contribution in [-0.2, 0) is 4.79 Å². The highest BCUT2D eigenvalue weighted by molar-refractivity contribution is 5.85. The highest BCUT2D eigenvalue weighted by Crippen LogP contribution is 2.33. The molecule has 2 atom stereocenters. The first kappa shape index (κ1) is 13.6. The molecule has 2 unspecified atom stereocenters. The van der Waals surface area contributed by atoms with Gasteiger partial charge in [0.1, 0.15) is 18.3 Å². The van der Waals surface area contributed by atoms with Crippen molar-refractivity contribution < 1.29 is 14.6 Å². The van der Waals surface area contributed by atoms with Gasteiger partial charge in [-0.2, -0.15) is 0 Å². The average Bonchev–Trinajstić information content (AvgIpc) is 2.97. The minimum atomic E-state index is -0.397. The molecule has 0 spiro atoms.